The number of thioether (sulfide) groups is 1. The summed E-state index contributed by atoms with van der Waals surface area (Å²) in [7, 11) is 0. The van der Waals surface area contributed by atoms with E-state index in [0.29, 0.717) is 0 Å². The van der Waals surface area contributed by atoms with Crippen LogP contribution in [0.4, 0.5) is 0 Å². The van der Waals surface area contributed by atoms with Gasteiger partial charge in [0.25, 0.3) is 0 Å². The molecular weight excluding hydrogens is 232 g/mol. The van der Waals surface area contributed by atoms with Gasteiger partial charge in [-0.15, -0.1) is 29.7 Å². The predicted molar refractivity (Wildman–Crippen MR) is 76.9 cm³/mol. The van der Waals surface area contributed by atoms with Crippen LogP contribution in [0.5, 0.6) is 0 Å². The first kappa shape index (κ1) is 11.7. The fourth-order valence-electron chi connectivity index (χ4n) is 1.79. The monoisotopic (exact) mass is 248 g/mol. The molecule has 2 aromatic rings. The van der Waals surface area contributed by atoms with Crippen molar-refractivity contribution >= 4 is 33.2 Å². The largest absolute Gasteiger partial charge is 0.143 e. The molecule has 2 heteroatoms. The van der Waals surface area contributed by atoms with Gasteiger partial charge < -0.3 is 0 Å². The molecule has 0 aliphatic heterocycles. The van der Waals surface area contributed by atoms with Crippen LogP contribution in [0.2, 0.25) is 0 Å². The minimum absolute atomic E-state index is 0.989. The summed E-state index contributed by atoms with van der Waals surface area (Å²) in [4.78, 5) is 1.41. The van der Waals surface area contributed by atoms with Gasteiger partial charge in [-0.1, -0.05) is 13.0 Å². The maximum atomic E-state index is 3.78. The molecule has 0 amide bonds. The number of thiophene rings is 1. The Labute approximate surface area is 105 Å². The molecule has 0 spiro atoms. The first-order valence-electron chi connectivity index (χ1n) is 5.50. The lowest BCUT2D eigenvalue weighted by atomic mass is 10.1. The Morgan fingerprint density at radius 3 is 2.94 bits per heavy atom. The highest BCUT2D eigenvalue weighted by Gasteiger charge is 2.06. The molecule has 0 nitrogen and oxygen atoms in total. The molecule has 0 aliphatic rings. The van der Waals surface area contributed by atoms with Gasteiger partial charge in [-0.3, -0.25) is 0 Å². The standard InChI is InChI=1S/C14H16S2/c1-4-6-15-13-8-14-12(7-11(13)5-2)10(3)9-16-14/h4,7-9H,1,5-6H2,2-3H3. The molecule has 0 unspecified atom stereocenters. The summed E-state index contributed by atoms with van der Waals surface area (Å²) in [5.41, 5.74) is 2.86. The van der Waals surface area contributed by atoms with Crippen molar-refractivity contribution in [1.82, 2.24) is 0 Å². The molecule has 0 fully saturated rings. The Kier molecular flexibility index (Phi) is 3.72. The van der Waals surface area contributed by atoms with Crippen LogP contribution in [0.1, 0.15) is 18.1 Å². The van der Waals surface area contributed by atoms with Crippen LogP contribution in [-0.2, 0) is 6.42 Å². The Morgan fingerprint density at radius 2 is 2.25 bits per heavy atom. The van der Waals surface area contributed by atoms with E-state index in [1.165, 1.54) is 26.1 Å². The molecule has 1 aromatic heterocycles. The average Bonchev–Trinajstić information content (AvgIpc) is 2.66. The van der Waals surface area contributed by atoms with Crippen molar-refractivity contribution in [1.29, 1.82) is 0 Å². The number of aryl methyl sites for hydroxylation is 2. The first-order valence-corrected chi connectivity index (χ1v) is 7.37. The third kappa shape index (κ3) is 2.18. The Morgan fingerprint density at radius 1 is 1.44 bits per heavy atom. The zero-order chi connectivity index (χ0) is 11.5. The third-order valence-corrected chi connectivity index (χ3v) is 4.84. The topological polar surface area (TPSA) is 0 Å². The van der Waals surface area contributed by atoms with E-state index >= 15 is 0 Å². The Balaban J connectivity index is 2.50. The second kappa shape index (κ2) is 5.07. The van der Waals surface area contributed by atoms with Crippen molar-refractivity contribution in [3.05, 3.63) is 41.3 Å². The second-order valence-electron chi connectivity index (χ2n) is 3.83. The summed E-state index contributed by atoms with van der Waals surface area (Å²) in [6.07, 6.45) is 3.07. The highest BCUT2D eigenvalue weighted by Crippen LogP contribution is 2.33. The van der Waals surface area contributed by atoms with E-state index in [9.17, 15) is 0 Å². The molecule has 1 aromatic carbocycles. The van der Waals surface area contributed by atoms with Crippen LogP contribution in [0.25, 0.3) is 10.1 Å². The van der Waals surface area contributed by atoms with Crippen molar-refractivity contribution in [2.75, 3.05) is 5.75 Å². The minimum atomic E-state index is 0.989. The van der Waals surface area contributed by atoms with Gasteiger partial charge >= 0.3 is 0 Å². The number of hydrogen-bond acceptors (Lipinski definition) is 2. The normalized spacial score (nSPS) is 10.9. The van der Waals surface area contributed by atoms with E-state index < -0.39 is 0 Å². The second-order valence-corrected chi connectivity index (χ2v) is 5.80. The smallest absolute Gasteiger partial charge is 0.0356 e. The van der Waals surface area contributed by atoms with E-state index in [2.05, 4.69) is 37.9 Å². The van der Waals surface area contributed by atoms with Gasteiger partial charge in [0.2, 0.25) is 0 Å². The van der Waals surface area contributed by atoms with Crippen LogP contribution in [-0.4, -0.2) is 5.75 Å². The van der Waals surface area contributed by atoms with Crippen LogP contribution < -0.4 is 0 Å². The average molecular weight is 248 g/mol. The zero-order valence-corrected chi connectivity index (χ0v) is 11.4. The van der Waals surface area contributed by atoms with Crippen LogP contribution in [0.3, 0.4) is 0 Å². The third-order valence-electron chi connectivity index (χ3n) is 2.69. The van der Waals surface area contributed by atoms with Gasteiger partial charge in [-0.25, -0.2) is 0 Å². The van der Waals surface area contributed by atoms with E-state index in [1.807, 2.05) is 29.2 Å². The summed E-state index contributed by atoms with van der Waals surface area (Å²) in [6.45, 7) is 8.19. The SMILES string of the molecule is C=CCSc1cc2scc(C)c2cc1CC. The lowest BCUT2D eigenvalue weighted by molar-refractivity contribution is 1.09. The molecule has 0 saturated heterocycles. The Bertz CT molecular complexity index is 509. The quantitative estimate of drug-likeness (QED) is 0.539. The summed E-state index contributed by atoms with van der Waals surface area (Å²) in [5, 5.41) is 3.66. The van der Waals surface area contributed by atoms with Crippen LogP contribution >= 0.6 is 23.1 Å². The molecule has 84 valence electrons. The lowest BCUT2D eigenvalue weighted by Gasteiger charge is -2.07. The van der Waals surface area contributed by atoms with Gasteiger partial charge in [0.1, 0.15) is 0 Å². The molecular formula is C14H16S2. The Hall–Kier alpha value is -0.730. The first-order chi connectivity index (χ1) is 7.76. The van der Waals surface area contributed by atoms with Gasteiger partial charge in [0.05, 0.1) is 0 Å². The summed E-state index contributed by atoms with van der Waals surface area (Å²) in [5.74, 6) is 0.989. The molecule has 2 rings (SSSR count). The van der Waals surface area contributed by atoms with Gasteiger partial charge in [-0.05, 0) is 47.4 Å². The van der Waals surface area contributed by atoms with E-state index in [0.717, 1.165) is 12.2 Å². The van der Waals surface area contributed by atoms with Crippen molar-refractivity contribution in [3.8, 4) is 0 Å². The van der Waals surface area contributed by atoms with Gasteiger partial charge in [0.15, 0.2) is 0 Å². The number of hydrogen-bond donors (Lipinski definition) is 0. The molecule has 0 aliphatic carbocycles. The molecule has 16 heavy (non-hydrogen) atoms. The molecule has 0 atom stereocenters. The van der Waals surface area contributed by atoms with Crippen LogP contribution in [0, 0.1) is 6.92 Å². The fourth-order valence-corrected chi connectivity index (χ4v) is 3.71. The maximum Gasteiger partial charge on any atom is 0.0356 e. The lowest BCUT2D eigenvalue weighted by Crippen LogP contribution is -1.86. The van der Waals surface area contributed by atoms with Crippen molar-refractivity contribution < 1.29 is 0 Å². The summed E-state index contributed by atoms with van der Waals surface area (Å²) >= 11 is 3.73. The van der Waals surface area contributed by atoms with Gasteiger partial charge in [-0.2, -0.15) is 0 Å². The predicted octanol–water partition coefficient (Wildman–Crippen LogP) is 5.05. The molecule has 0 bridgehead atoms. The number of rotatable bonds is 4. The molecule has 1 heterocycles. The number of fused-ring (bicyclic) bond motifs is 1. The minimum Gasteiger partial charge on any atom is -0.143 e. The zero-order valence-electron chi connectivity index (χ0n) is 9.75. The van der Waals surface area contributed by atoms with E-state index in [1.54, 1.807) is 0 Å². The fraction of sp³-hybridized carbons (Fsp3) is 0.286. The van der Waals surface area contributed by atoms with E-state index in [-0.39, 0.29) is 0 Å². The molecule has 0 N–H and O–H groups in total. The van der Waals surface area contributed by atoms with Crippen molar-refractivity contribution in [2.45, 2.75) is 25.2 Å². The highest BCUT2D eigenvalue weighted by molar-refractivity contribution is 7.99. The van der Waals surface area contributed by atoms with Crippen LogP contribution in [0.15, 0.2) is 35.1 Å². The maximum absolute atomic E-state index is 3.78. The van der Waals surface area contributed by atoms with Crippen molar-refractivity contribution in [2.24, 2.45) is 0 Å². The van der Waals surface area contributed by atoms with E-state index in [4.69, 9.17) is 0 Å². The highest BCUT2D eigenvalue weighted by atomic mass is 32.2. The summed E-state index contributed by atoms with van der Waals surface area (Å²) in [6, 6.07) is 4.69. The number of benzene rings is 1. The summed E-state index contributed by atoms with van der Waals surface area (Å²) < 4.78 is 1.40. The molecule has 0 radical (unpaired) electrons. The molecule has 0 saturated carbocycles. The van der Waals surface area contributed by atoms with Gasteiger partial charge in [0, 0.05) is 15.3 Å². The van der Waals surface area contributed by atoms with Crippen molar-refractivity contribution in [3.63, 3.8) is 0 Å².